The van der Waals surface area contributed by atoms with E-state index >= 15 is 0 Å². The highest BCUT2D eigenvalue weighted by Gasteiger charge is 2.28. The number of esters is 1. The van der Waals surface area contributed by atoms with Crippen LogP contribution in [0.5, 0.6) is 0 Å². The Morgan fingerprint density at radius 3 is 2.65 bits per heavy atom. The summed E-state index contributed by atoms with van der Waals surface area (Å²) in [6.45, 7) is 5.31. The van der Waals surface area contributed by atoms with Crippen LogP contribution in [0.25, 0.3) is 10.2 Å². The SMILES string of the molecule is CCCOC(=O)c1sc2nc(Cl)nc(N3CCC(C(=O)O)CC3)c2c1C. The number of aryl methyl sites for hydroxylation is 1. The number of thiophene rings is 1. The minimum Gasteiger partial charge on any atom is -0.481 e. The fraction of sp³-hybridized carbons (Fsp3) is 0.529. The van der Waals surface area contributed by atoms with Crippen LogP contribution in [0.15, 0.2) is 0 Å². The lowest BCUT2D eigenvalue weighted by Crippen LogP contribution is -2.37. The Bertz CT molecular complexity index is 846. The highest BCUT2D eigenvalue weighted by molar-refractivity contribution is 7.20. The van der Waals surface area contributed by atoms with E-state index in [1.807, 2.05) is 18.7 Å². The van der Waals surface area contributed by atoms with Crippen molar-refractivity contribution in [3.63, 3.8) is 0 Å². The van der Waals surface area contributed by atoms with E-state index in [2.05, 4.69) is 9.97 Å². The first-order valence-electron chi connectivity index (χ1n) is 8.53. The van der Waals surface area contributed by atoms with E-state index in [9.17, 15) is 14.7 Å². The zero-order valence-corrected chi connectivity index (χ0v) is 16.2. The molecule has 0 aliphatic carbocycles. The number of carbonyl (C=O) groups is 2. The van der Waals surface area contributed by atoms with Gasteiger partial charge in [0.05, 0.1) is 17.9 Å². The van der Waals surface area contributed by atoms with Crippen LogP contribution in [0.2, 0.25) is 5.28 Å². The van der Waals surface area contributed by atoms with Crippen molar-refractivity contribution < 1.29 is 19.4 Å². The number of carboxylic acids is 1. The molecule has 0 saturated carbocycles. The van der Waals surface area contributed by atoms with Gasteiger partial charge in [0.15, 0.2) is 0 Å². The van der Waals surface area contributed by atoms with Crippen molar-refractivity contribution in [2.45, 2.75) is 33.1 Å². The summed E-state index contributed by atoms with van der Waals surface area (Å²) in [4.78, 5) is 35.3. The predicted octanol–water partition coefficient (Wildman–Crippen LogP) is 3.52. The summed E-state index contributed by atoms with van der Waals surface area (Å²) in [7, 11) is 0. The second-order valence-corrected chi connectivity index (χ2v) is 7.63. The number of aromatic nitrogens is 2. The summed E-state index contributed by atoms with van der Waals surface area (Å²) in [6.07, 6.45) is 1.85. The lowest BCUT2D eigenvalue weighted by molar-refractivity contribution is -0.142. The number of carboxylic acid groups (broad SMARTS) is 1. The molecule has 7 nitrogen and oxygen atoms in total. The Morgan fingerprint density at radius 1 is 1.35 bits per heavy atom. The lowest BCUT2D eigenvalue weighted by Gasteiger charge is -2.31. The van der Waals surface area contributed by atoms with E-state index in [1.165, 1.54) is 11.3 Å². The Morgan fingerprint density at radius 2 is 2.04 bits per heavy atom. The average Bonchev–Trinajstić information content (AvgIpc) is 2.95. The summed E-state index contributed by atoms with van der Waals surface area (Å²) in [6, 6.07) is 0. The van der Waals surface area contributed by atoms with E-state index in [4.69, 9.17) is 16.3 Å². The summed E-state index contributed by atoms with van der Waals surface area (Å²) in [5.41, 5.74) is 0.776. The second-order valence-electron chi connectivity index (χ2n) is 6.29. The fourth-order valence-electron chi connectivity index (χ4n) is 3.11. The summed E-state index contributed by atoms with van der Waals surface area (Å²) >= 11 is 7.34. The van der Waals surface area contributed by atoms with E-state index < -0.39 is 5.97 Å². The zero-order chi connectivity index (χ0) is 18.8. The molecule has 0 radical (unpaired) electrons. The van der Waals surface area contributed by atoms with Crippen molar-refractivity contribution in [3.05, 3.63) is 15.7 Å². The molecule has 0 bridgehead atoms. The normalized spacial score (nSPS) is 15.4. The van der Waals surface area contributed by atoms with Crippen molar-refractivity contribution in [1.29, 1.82) is 0 Å². The van der Waals surface area contributed by atoms with Gasteiger partial charge in [0.2, 0.25) is 5.28 Å². The van der Waals surface area contributed by atoms with E-state index in [-0.39, 0.29) is 17.2 Å². The molecule has 26 heavy (non-hydrogen) atoms. The zero-order valence-electron chi connectivity index (χ0n) is 14.6. The molecule has 1 fully saturated rings. The van der Waals surface area contributed by atoms with Gasteiger partial charge in [-0.15, -0.1) is 11.3 Å². The van der Waals surface area contributed by atoms with Crippen LogP contribution >= 0.6 is 22.9 Å². The largest absolute Gasteiger partial charge is 0.481 e. The number of piperidine rings is 1. The Labute approximate surface area is 159 Å². The van der Waals surface area contributed by atoms with Gasteiger partial charge in [0.25, 0.3) is 0 Å². The van der Waals surface area contributed by atoms with E-state index in [0.29, 0.717) is 48.1 Å². The van der Waals surface area contributed by atoms with Crippen LogP contribution in [-0.4, -0.2) is 46.7 Å². The van der Waals surface area contributed by atoms with Crippen molar-refractivity contribution >= 4 is 50.9 Å². The topological polar surface area (TPSA) is 92.6 Å². The van der Waals surface area contributed by atoms with Gasteiger partial charge in [-0.3, -0.25) is 4.79 Å². The Kier molecular flexibility index (Phi) is 5.62. The number of rotatable bonds is 5. The van der Waals surface area contributed by atoms with Gasteiger partial charge < -0.3 is 14.7 Å². The first-order valence-corrected chi connectivity index (χ1v) is 9.73. The van der Waals surface area contributed by atoms with E-state index in [1.54, 1.807) is 0 Å². The molecule has 2 aromatic heterocycles. The quantitative estimate of drug-likeness (QED) is 0.609. The maximum absolute atomic E-state index is 12.3. The smallest absolute Gasteiger partial charge is 0.348 e. The Hall–Kier alpha value is -1.93. The molecule has 0 amide bonds. The van der Waals surface area contributed by atoms with Gasteiger partial charge >= 0.3 is 11.9 Å². The van der Waals surface area contributed by atoms with Crippen LogP contribution < -0.4 is 4.90 Å². The summed E-state index contributed by atoms with van der Waals surface area (Å²) in [5.74, 6) is -0.795. The fourth-order valence-corrected chi connectivity index (χ4v) is 4.40. The molecule has 0 atom stereocenters. The lowest BCUT2D eigenvalue weighted by atomic mass is 9.97. The molecule has 3 heterocycles. The van der Waals surface area contributed by atoms with Crippen molar-refractivity contribution in [2.75, 3.05) is 24.6 Å². The second kappa shape index (κ2) is 7.75. The highest BCUT2D eigenvalue weighted by atomic mass is 35.5. The highest BCUT2D eigenvalue weighted by Crippen LogP contribution is 2.37. The Balaban J connectivity index is 1.97. The minimum atomic E-state index is -0.761. The van der Waals surface area contributed by atoms with Gasteiger partial charge in [0.1, 0.15) is 15.5 Å². The number of nitrogens with zero attached hydrogens (tertiary/aromatic N) is 3. The van der Waals surface area contributed by atoms with Gasteiger partial charge in [-0.05, 0) is 43.4 Å². The third-order valence-corrected chi connectivity index (χ3v) is 5.84. The predicted molar refractivity (Wildman–Crippen MR) is 100 cm³/mol. The van der Waals surface area contributed by atoms with Gasteiger partial charge in [-0.1, -0.05) is 6.92 Å². The molecule has 1 aliphatic heterocycles. The van der Waals surface area contributed by atoms with Crippen LogP contribution in [0.3, 0.4) is 0 Å². The third kappa shape index (κ3) is 3.61. The average molecular weight is 398 g/mol. The third-order valence-electron chi connectivity index (χ3n) is 4.51. The summed E-state index contributed by atoms with van der Waals surface area (Å²) in [5, 5.41) is 10.1. The molecule has 0 aromatic carbocycles. The molecule has 1 saturated heterocycles. The first kappa shape index (κ1) is 18.8. The standard InChI is InChI=1S/C17H20ClN3O4S/c1-3-8-25-16(24)12-9(2)11-13(19-17(18)20-14(11)26-12)21-6-4-10(5-7-21)15(22)23/h10H,3-8H2,1-2H3,(H,22,23). The minimum absolute atomic E-state index is 0.114. The molecule has 9 heteroatoms. The molecular weight excluding hydrogens is 378 g/mol. The first-order chi connectivity index (χ1) is 12.4. The number of carbonyl (C=O) groups excluding carboxylic acids is 1. The van der Waals surface area contributed by atoms with Crippen LogP contribution in [0.4, 0.5) is 5.82 Å². The monoisotopic (exact) mass is 397 g/mol. The van der Waals surface area contributed by atoms with Gasteiger partial charge in [-0.25, -0.2) is 9.78 Å². The maximum atomic E-state index is 12.3. The summed E-state index contributed by atoms with van der Waals surface area (Å²) < 4.78 is 5.26. The number of hydrogen-bond donors (Lipinski definition) is 1. The van der Waals surface area contributed by atoms with Crippen LogP contribution in [0, 0.1) is 12.8 Å². The number of aliphatic carboxylic acids is 1. The molecule has 2 aromatic rings. The van der Waals surface area contributed by atoms with Crippen LogP contribution in [-0.2, 0) is 9.53 Å². The molecule has 3 rings (SSSR count). The van der Waals surface area contributed by atoms with E-state index in [0.717, 1.165) is 17.4 Å². The van der Waals surface area contributed by atoms with Crippen molar-refractivity contribution in [1.82, 2.24) is 9.97 Å². The molecule has 0 spiro atoms. The molecule has 140 valence electrons. The van der Waals surface area contributed by atoms with Crippen molar-refractivity contribution in [2.24, 2.45) is 5.92 Å². The number of ether oxygens (including phenoxy) is 1. The number of halogens is 1. The maximum Gasteiger partial charge on any atom is 0.348 e. The van der Waals surface area contributed by atoms with Crippen molar-refractivity contribution in [3.8, 4) is 0 Å². The molecule has 0 unspecified atom stereocenters. The van der Waals surface area contributed by atoms with Gasteiger partial charge in [-0.2, -0.15) is 4.98 Å². The molecule has 1 aliphatic rings. The number of fused-ring (bicyclic) bond motifs is 1. The molecular formula is C17H20ClN3O4S. The van der Waals surface area contributed by atoms with Gasteiger partial charge in [0, 0.05) is 13.1 Å². The number of anilines is 1. The van der Waals surface area contributed by atoms with Crippen LogP contribution in [0.1, 0.15) is 41.4 Å². The molecule has 1 N–H and O–H groups in total. The number of hydrogen-bond acceptors (Lipinski definition) is 7.